The number of esters is 1. The fraction of sp³-hybridized carbons (Fsp3) is 0.500. The number of hydrogen-bond donors (Lipinski definition) is 0. The van der Waals surface area contributed by atoms with E-state index >= 15 is 0 Å². The van der Waals surface area contributed by atoms with E-state index < -0.39 is 0 Å². The van der Waals surface area contributed by atoms with Gasteiger partial charge in [0.05, 0.1) is 3.58 Å². The molecule has 1 rings (SSSR count). The van der Waals surface area contributed by atoms with Gasteiger partial charge in [0.2, 0.25) is 0 Å². The number of thioether (sulfide) groups is 1. The Morgan fingerprint density at radius 2 is 2.38 bits per heavy atom. The van der Waals surface area contributed by atoms with Gasteiger partial charge in [0.1, 0.15) is 6.61 Å². The normalized spacial score (nSPS) is 17.5. The van der Waals surface area contributed by atoms with Crippen LogP contribution < -0.4 is 0 Å². The van der Waals surface area contributed by atoms with Gasteiger partial charge in [-0.15, -0.1) is 11.8 Å². The molecule has 0 spiro atoms. The molecule has 0 bridgehead atoms. The molecule has 5 heteroatoms. The standard InChI is InChI=1S/C8H9IO3S/c1-5(10)12-4-7-8(9)6(11)2-3-13-7/h2-4H2,1H3. The van der Waals surface area contributed by atoms with E-state index in [1.807, 2.05) is 22.6 Å². The summed E-state index contributed by atoms with van der Waals surface area (Å²) in [5.74, 6) is 0.638. The second-order valence-corrected chi connectivity index (χ2v) is 4.81. The van der Waals surface area contributed by atoms with Crippen molar-refractivity contribution in [3.05, 3.63) is 8.48 Å². The van der Waals surface area contributed by atoms with Gasteiger partial charge in [0.15, 0.2) is 5.78 Å². The molecule has 1 heterocycles. The van der Waals surface area contributed by atoms with E-state index in [0.717, 1.165) is 14.2 Å². The number of carbonyl (C=O) groups is 2. The number of Topliss-reactive ketones (excluding diaryl/α,β-unsaturated/α-hetero) is 1. The number of ether oxygens (including phenoxy) is 1. The smallest absolute Gasteiger partial charge is 0.302 e. The summed E-state index contributed by atoms with van der Waals surface area (Å²) < 4.78 is 5.54. The summed E-state index contributed by atoms with van der Waals surface area (Å²) in [5, 5.41) is 0. The molecule has 0 aromatic rings. The summed E-state index contributed by atoms with van der Waals surface area (Å²) in [6.45, 7) is 1.60. The number of rotatable bonds is 2. The zero-order valence-corrected chi connectivity index (χ0v) is 10.1. The van der Waals surface area contributed by atoms with Gasteiger partial charge in [-0.3, -0.25) is 9.59 Å². The molecular weight excluding hydrogens is 303 g/mol. The van der Waals surface area contributed by atoms with Crippen molar-refractivity contribution >= 4 is 46.1 Å². The third-order valence-corrected chi connectivity index (χ3v) is 4.20. The van der Waals surface area contributed by atoms with Crippen molar-refractivity contribution in [1.29, 1.82) is 0 Å². The summed E-state index contributed by atoms with van der Waals surface area (Å²) >= 11 is 3.60. The van der Waals surface area contributed by atoms with Crippen LogP contribution in [0.25, 0.3) is 0 Å². The number of carbonyl (C=O) groups excluding carboxylic acids is 2. The highest BCUT2D eigenvalue weighted by Crippen LogP contribution is 2.31. The Morgan fingerprint density at radius 3 is 3.00 bits per heavy atom. The third kappa shape index (κ3) is 3.30. The zero-order chi connectivity index (χ0) is 9.84. The monoisotopic (exact) mass is 312 g/mol. The predicted molar refractivity (Wildman–Crippen MR) is 59.8 cm³/mol. The van der Waals surface area contributed by atoms with Gasteiger partial charge in [-0.25, -0.2) is 0 Å². The highest BCUT2D eigenvalue weighted by atomic mass is 127. The van der Waals surface area contributed by atoms with Crippen LogP contribution in [0.4, 0.5) is 0 Å². The van der Waals surface area contributed by atoms with Crippen molar-refractivity contribution in [2.45, 2.75) is 13.3 Å². The lowest BCUT2D eigenvalue weighted by Gasteiger charge is -2.14. The summed E-state index contributed by atoms with van der Waals surface area (Å²) in [4.78, 5) is 22.6. The van der Waals surface area contributed by atoms with Crippen LogP contribution in [0.3, 0.4) is 0 Å². The molecule has 0 aromatic carbocycles. The Labute approximate surface area is 94.4 Å². The first-order chi connectivity index (χ1) is 6.11. The lowest BCUT2D eigenvalue weighted by atomic mass is 10.3. The fourth-order valence-corrected chi connectivity index (χ4v) is 2.68. The third-order valence-electron chi connectivity index (χ3n) is 1.50. The molecule has 1 aliphatic heterocycles. The first-order valence-corrected chi connectivity index (χ1v) is 5.85. The Balaban J connectivity index is 2.61. The maximum absolute atomic E-state index is 11.2. The molecular formula is C8H9IO3S. The summed E-state index contributed by atoms with van der Waals surface area (Å²) in [6.07, 6.45) is 0.590. The van der Waals surface area contributed by atoms with Gasteiger partial charge in [0, 0.05) is 24.0 Å². The van der Waals surface area contributed by atoms with Crippen LogP contribution in [0.15, 0.2) is 8.48 Å². The van der Waals surface area contributed by atoms with E-state index in [4.69, 9.17) is 4.74 Å². The van der Waals surface area contributed by atoms with Crippen LogP contribution in [0, 0.1) is 0 Å². The molecule has 0 amide bonds. The van der Waals surface area contributed by atoms with E-state index in [0.29, 0.717) is 6.42 Å². The van der Waals surface area contributed by atoms with Crippen LogP contribution >= 0.6 is 34.4 Å². The summed E-state index contributed by atoms with van der Waals surface area (Å²) in [6, 6.07) is 0. The van der Waals surface area contributed by atoms with E-state index in [2.05, 4.69) is 0 Å². The number of ketones is 1. The van der Waals surface area contributed by atoms with Gasteiger partial charge in [-0.1, -0.05) is 0 Å². The Bertz CT molecular complexity index is 273. The van der Waals surface area contributed by atoms with Crippen molar-refractivity contribution in [1.82, 2.24) is 0 Å². The Morgan fingerprint density at radius 1 is 1.69 bits per heavy atom. The van der Waals surface area contributed by atoms with Gasteiger partial charge < -0.3 is 4.74 Å². The largest absolute Gasteiger partial charge is 0.460 e. The van der Waals surface area contributed by atoms with Gasteiger partial charge >= 0.3 is 5.97 Å². The molecule has 72 valence electrons. The number of allylic oxidation sites excluding steroid dienone is 1. The highest BCUT2D eigenvalue weighted by Gasteiger charge is 2.19. The van der Waals surface area contributed by atoms with Crippen molar-refractivity contribution < 1.29 is 14.3 Å². The Kier molecular flexibility index (Phi) is 4.24. The summed E-state index contributed by atoms with van der Waals surface area (Å²) in [7, 11) is 0. The molecule has 0 unspecified atom stereocenters. The first kappa shape index (κ1) is 11.0. The molecule has 0 aromatic heterocycles. The van der Waals surface area contributed by atoms with Crippen molar-refractivity contribution in [2.75, 3.05) is 12.4 Å². The maximum atomic E-state index is 11.2. The highest BCUT2D eigenvalue weighted by molar-refractivity contribution is 14.1. The van der Waals surface area contributed by atoms with Crippen LogP contribution in [0.2, 0.25) is 0 Å². The van der Waals surface area contributed by atoms with Crippen LogP contribution in [0.1, 0.15) is 13.3 Å². The second kappa shape index (κ2) is 4.99. The molecule has 0 saturated carbocycles. The minimum Gasteiger partial charge on any atom is -0.460 e. The molecule has 13 heavy (non-hydrogen) atoms. The van der Waals surface area contributed by atoms with Crippen molar-refractivity contribution in [3.8, 4) is 0 Å². The minimum atomic E-state index is -0.310. The molecule has 0 N–H and O–H groups in total. The quantitative estimate of drug-likeness (QED) is 0.577. The average Bonchev–Trinajstić information content (AvgIpc) is 2.07. The van der Waals surface area contributed by atoms with Gasteiger partial charge in [-0.05, 0) is 22.6 Å². The summed E-state index contributed by atoms with van der Waals surface area (Å²) in [5.41, 5.74) is 0. The van der Waals surface area contributed by atoms with E-state index in [9.17, 15) is 9.59 Å². The molecule has 0 radical (unpaired) electrons. The van der Waals surface area contributed by atoms with Crippen molar-refractivity contribution in [2.24, 2.45) is 0 Å². The van der Waals surface area contributed by atoms with Crippen molar-refractivity contribution in [3.63, 3.8) is 0 Å². The SMILES string of the molecule is CC(=O)OCC1=C(I)C(=O)CCS1. The lowest BCUT2D eigenvalue weighted by molar-refractivity contribution is -0.139. The predicted octanol–water partition coefficient (Wildman–Crippen LogP) is 1.90. The molecule has 0 saturated heterocycles. The molecule has 0 fully saturated rings. The van der Waals surface area contributed by atoms with Crippen LogP contribution in [-0.4, -0.2) is 24.1 Å². The molecule has 0 aliphatic carbocycles. The van der Waals surface area contributed by atoms with Crippen LogP contribution in [-0.2, 0) is 14.3 Å². The zero-order valence-electron chi connectivity index (χ0n) is 7.13. The van der Waals surface area contributed by atoms with E-state index in [-0.39, 0.29) is 18.4 Å². The topological polar surface area (TPSA) is 43.4 Å². The molecule has 0 atom stereocenters. The van der Waals surface area contributed by atoms with Gasteiger partial charge in [-0.2, -0.15) is 0 Å². The number of halogens is 1. The van der Waals surface area contributed by atoms with Crippen LogP contribution in [0.5, 0.6) is 0 Å². The molecule has 3 nitrogen and oxygen atoms in total. The Hall–Kier alpha value is -0.0400. The lowest BCUT2D eigenvalue weighted by Crippen LogP contribution is -2.11. The van der Waals surface area contributed by atoms with E-state index in [1.165, 1.54) is 6.92 Å². The minimum absolute atomic E-state index is 0.154. The number of hydrogen-bond acceptors (Lipinski definition) is 4. The fourth-order valence-electron chi connectivity index (χ4n) is 0.868. The molecule has 1 aliphatic rings. The maximum Gasteiger partial charge on any atom is 0.302 e. The first-order valence-electron chi connectivity index (χ1n) is 3.79. The van der Waals surface area contributed by atoms with E-state index in [1.54, 1.807) is 11.8 Å². The average molecular weight is 312 g/mol. The second-order valence-electron chi connectivity index (χ2n) is 2.54. The van der Waals surface area contributed by atoms with Gasteiger partial charge in [0.25, 0.3) is 0 Å².